The number of piperidine rings is 1. The van der Waals surface area contributed by atoms with E-state index < -0.39 is 5.97 Å². The molecular weight excluding hydrogens is 376 g/mol. The van der Waals surface area contributed by atoms with Crippen LogP contribution in [0.15, 0.2) is 72.8 Å². The van der Waals surface area contributed by atoms with E-state index in [-0.39, 0.29) is 11.5 Å². The van der Waals surface area contributed by atoms with E-state index in [1.165, 1.54) is 11.6 Å². The lowest BCUT2D eigenvalue weighted by molar-refractivity contribution is 0.0696. The second kappa shape index (κ2) is 8.93. The van der Waals surface area contributed by atoms with E-state index in [4.69, 9.17) is 0 Å². The molecule has 0 atom stereocenters. The van der Waals surface area contributed by atoms with Gasteiger partial charge in [0.1, 0.15) is 0 Å². The predicted molar refractivity (Wildman–Crippen MR) is 118 cm³/mol. The van der Waals surface area contributed by atoms with E-state index in [2.05, 4.69) is 22.8 Å². The molecule has 152 valence electrons. The quantitative estimate of drug-likeness (QED) is 0.576. The molecular formula is C25H24N2O3. The van der Waals surface area contributed by atoms with Crippen LogP contribution in [0.1, 0.15) is 45.0 Å². The standard InChI is InChI=1S/C25H24N2O3/c28-24(20-4-2-1-3-5-20)27-23-15-21(14-22(16-23)25(29)30)18-8-6-17(7-9-18)19-10-12-26-13-11-19/h1-9,14-16,19,26H,10-13H2,(H,27,28)(H,29,30). The Kier molecular flexibility index (Phi) is 5.91. The van der Waals surface area contributed by atoms with Crippen LogP contribution in [0.2, 0.25) is 0 Å². The number of nitrogens with one attached hydrogen (secondary N) is 2. The van der Waals surface area contributed by atoms with Crippen LogP contribution >= 0.6 is 0 Å². The molecule has 1 amide bonds. The molecule has 1 fully saturated rings. The van der Waals surface area contributed by atoms with Gasteiger partial charge < -0.3 is 15.7 Å². The SMILES string of the molecule is O=C(O)c1cc(NC(=O)c2ccccc2)cc(-c2ccc(C3CCNCC3)cc2)c1. The van der Waals surface area contributed by atoms with Crippen molar-refractivity contribution in [1.82, 2.24) is 5.32 Å². The third-order valence-electron chi connectivity index (χ3n) is 5.53. The summed E-state index contributed by atoms with van der Waals surface area (Å²) in [4.78, 5) is 24.1. The summed E-state index contributed by atoms with van der Waals surface area (Å²) >= 11 is 0. The van der Waals surface area contributed by atoms with Gasteiger partial charge in [0.2, 0.25) is 0 Å². The van der Waals surface area contributed by atoms with Crippen molar-refractivity contribution >= 4 is 17.6 Å². The zero-order valence-electron chi connectivity index (χ0n) is 16.6. The summed E-state index contributed by atoms with van der Waals surface area (Å²) in [6.45, 7) is 2.08. The van der Waals surface area contributed by atoms with Gasteiger partial charge in [-0.1, -0.05) is 42.5 Å². The Hall–Kier alpha value is -3.44. The number of hydrogen-bond acceptors (Lipinski definition) is 3. The minimum absolute atomic E-state index is 0.137. The Morgan fingerprint density at radius 1 is 0.833 bits per heavy atom. The van der Waals surface area contributed by atoms with Crippen molar-refractivity contribution in [2.45, 2.75) is 18.8 Å². The van der Waals surface area contributed by atoms with Crippen molar-refractivity contribution in [3.8, 4) is 11.1 Å². The summed E-state index contributed by atoms with van der Waals surface area (Å²) in [6, 6.07) is 22.1. The number of rotatable bonds is 5. The highest BCUT2D eigenvalue weighted by Crippen LogP contribution is 2.30. The number of anilines is 1. The summed E-state index contributed by atoms with van der Waals surface area (Å²) in [5.41, 5.74) is 4.11. The fourth-order valence-corrected chi connectivity index (χ4v) is 3.89. The maximum Gasteiger partial charge on any atom is 0.335 e. The Labute approximate surface area is 175 Å². The van der Waals surface area contributed by atoms with E-state index in [0.717, 1.165) is 37.1 Å². The topological polar surface area (TPSA) is 78.4 Å². The molecule has 0 bridgehead atoms. The van der Waals surface area contributed by atoms with E-state index in [1.54, 1.807) is 30.3 Å². The molecule has 1 aliphatic heterocycles. The van der Waals surface area contributed by atoms with Gasteiger partial charge in [0, 0.05) is 11.3 Å². The third-order valence-corrected chi connectivity index (χ3v) is 5.53. The fourth-order valence-electron chi connectivity index (χ4n) is 3.89. The zero-order chi connectivity index (χ0) is 20.9. The lowest BCUT2D eigenvalue weighted by Crippen LogP contribution is -2.26. The van der Waals surface area contributed by atoms with Crippen LogP contribution in [0, 0.1) is 0 Å². The molecule has 30 heavy (non-hydrogen) atoms. The molecule has 0 radical (unpaired) electrons. The first-order chi connectivity index (χ1) is 14.6. The number of amides is 1. The average molecular weight is 400 g/mol. The van der Waals surface area contributed by atoms with Gasteiger partial charge in [-0.25, -0.2) is 4.79 Å². The first-order valence-corrected chi connectivity index (χ1v) is 10.2. The predicted octanol–water partition coefficient (Wildman–Crippen LogP) is 4.77. The zero-order valence-corrected chi connectivity index (χ0v) is 16.6. The Morgan fingerprint density at radius 2 is 1.53 bits per heavy atom. The molecule has 1 aliphatic rings. The minimum atomic E-state index is -1.03. The van der Waals surface area contributed by atoms with Gasteiger partial charge in [-0.15, -0.1) is 0 Å². The number of carbonyl (C=O) groups is 2. The summed E-state index contributed by atoms with van der Waals surface area (Å²) < 4.78 is 0. The van der Waals surface area contributed by atoms with Crippen molar-refractivity contribution < 1.29 is 14.7 Å². The van der Waals surface area contributed by atoms with Gasteiger partial charge >= 0.3 is 5.97 Å². The third kappa shape index (κ3) is 4.58. The molecule has 1 heterocycles. The van der Waals surface area contributed by atoms with Crippen LogP contribution in [0.25, 0.3) is 11.1 Å². The maximum atomic E-state index is 12.5. The smallest absolute Gasteiger partial charge is 0.335 e. The maximum absolute atomic E-state index is 12.5. The summed E-state index contributed by atoms with van der Waals surface area (Å²) in [7, 11) is 0. The van der Waals surface area contributed by atoms with Crippen LogP contribution in [0.4, 0.5) is 5.69 Å². The van der Waals surface area contributed by atoms with E-state index in [1.807, 2.05) is 24.3 Å². The summed E-state index contributed by atoms with van der Waals surface area (Å²) in [5.74, 6) is -0.741. The van der Waals surface area contributed by atoms with Gasteiger partial charge in [0.05, 0.1) is 5.56 Å². The highest BCUT2D eigenvalue weighted by Gasteiger charge is 2.16. The molecule has 0 aliphatic carbocycles. The Morgan fingerprint density at radius 3 is 2.20 bits per heavy atom. The number of carboxylic acids is 1. The van der Waals surface area contributed by atoms with E-state index in [0.29, 0.717) is 17.2 Å². The molecule has 3 N–H and O–H groups in total. The highest BCUT2D eigenvalue weighted by atomic mass is 16.4. The molecule has 1 saturated heterocycles. The van der Waals surface area contributed by atoms with Crippen LogP contribution < -0.4 is 10.6 Å². The van der Waals surface area contributed by atoms with Crippen LogP contribution in [-0.2, 0) is 0 Å². The molecule has 5 nitrogen and oxygen atoms in total. The first kappa shape index (κ1) is 19.9. The second-order valence-electron chi connectivity index (χ2n) is 7.57. The molecule has 0 spiro atoms. The first-order valence-electron chi connectivity index (χ1n) is 10.2. The summed E-state index contributed by atoms with van der Waals surface area (Å²) in [5, 5.41) is 15.7. The molecule has 0 saturated carbocycles. The largest absolute Gasteiger partial charge is 0.478 e. The van der Waals surface area contributed by atoms with Crippen molar-refractivity contribution in [3.05, 3.63) is 89.5 Å². The van der Waals surface area contributed by atoms with Gasteiger partial charge in [-0.2, -0.15) is 0 Å². The molecule has 5 heteroatoms. The number of aromatic carboxylic acids is 1. The van der Waals surface area contributed by atoms with Gasteiger partial charge in [-0.05, 0) is 78.9 Å². The Balaban J connectivity index is 1.61. The highest BCUT2D eigenvalue weighted by molar-refractivity contribution is 6.05. The number of carbonyl (C=O) groups excluding carboxylic acids is 1. The van der Waals surface area contributed by atoms with Crippen LogP contribution in [0.3, 0.4) is 0 Å². The lowest BCUT2D eigenvalue weighted by Gasteiger charge is -2.23. The number of hydrogen-bond donors (Lipinski definition) is 3. The van der Waals surface area contributed by atoms with E-state index >= 15 is 0 Å². The molecule has 0 aromatic heterocycles. The number of carboxylic acid groups (broad SMARTS) is 1. The van der Waals surface area contributed by atoms with Gasteiger partial charge in [-0.3, -0.25) is 4.79 Å². The van der Waals surface area contributed by atoms with Crippen LogP contribution in [0.5, 0.6) is 0 Å². The van der Waals surface area contributed by atoms with Crippen molar-refractivity contribution in [2.24, 2.45) is 0 Å². The normalized spacial score (nSPS) is 14.3. The van der Waals surface area contributed by atoms with Crippen LogP contribution in [-0.4, -0.2) is 30.1 Å². The fraction of sp³-hybridized carbons (Fsp3) is 0.200. The van der Waals surface area contributed by atoms with Gasteiger partial charge in [0.15, 0.2) is 0 Å². The second-order valence-corrected chi connectivity index (χ2v) is 7.57. The van der Waals surface area contributed by atoms with Crippen molar-refractivity contribution in [1.29, 1.82) is 0 Å². The van der Waals surface area contributed by atoms with Crippen molar-refractivity contribution in [3.63, 3.8) is 0 Å². The Bertz CT molecular complexity index is 1040. The lowest BCUT2D eigenvalue weighted by atomic mass is 9.89. The average Bonchev–Trinajstić information content (AvgIpc) is 2.80. The van der Waals surface area contributed by atoms with E-state index in [9.17, 15) is 14.7 Å². The van der Waals surface area contributed by atoms with Gasteiger partial charge in [0.25, 0.3) is 5.91 Å². The monoisotopic (exact) mass is 400 g/mol. The molecule has 0 unspecified atom stereocenters. The van der Waals surface area contributed by atoms with Crippen molar-refractivity contribution in [2.75, 3.05) is 18.4 Å². The minimum Gasteiger partial charge on any atom is -0.478 e. The number of benzene rings is 3. The molecule has 3 aromatic carbocycles. The molecule has 3 aromatic rings. The summed E-state index contributed by atoms with van der Waals surface area (Å²) in [6.07, 6.45) is 2.26. The molecule has 4 rings (SSSR count).